The van der Waals surface area contributed by atoms with Crippen molar-refractivity contribution in [2.24, 2.45) is 4.99 Å². The molecule has 2 heteroatoms. The quantitative estimate of drug-likeness (QED) is 0.561. The summed E-state index contributed by atoms with van der Waals surface area (Å²) in [6.07, 6.45) is 4.87. The van der Waals surface area contributed by atoms with Gasteiger partial charge in [-0.2, -0.15) is 0 Å². The van der Waals surface area contributed by atoms with Crippen LogP contribution in [-0.2, 0) is 0 Å². The predicted octanol–water partition coefficient (Wildman–Crippen LogP) is 1.64. The molecule has 1 aromatic heterocycles. The lowest BCUT2D eigenvalue weighted by Crippen LogP contribution is -1.82. The minimum Gasteiger partial charge on any atom is -0.263 e. The standard InChI is InChI=1S/C8H8N2/c1-2-9-7-8-5-3-4-6-10-8/h2-7H,1H2. The first-order valence-electron chi connectivity index (χ1n) is 2.98. The molecule has 1 aromatic rings. The number of hydrogen-bond donors (Lipinski definition) is 0. The van der Waals surface area contributed by atoms with Crippen molar-refractivity contribution < 1.29 is 0 Å². The molecule has 10 heavy (non-hydrogen) atoms. The van der Waals surface area contributed by atoms with Crippen LogP contribution in [0.3, 0.4) is 0 Å². The molecule has 0 aliphatic heterocycles. The maximum absolute atomic E-state index is 4.02. The Bertz CT molecular complexity index is 226. The number of aromatic nitrogens is 1. The fourth-order valence-corrected chi connectivity index (χ4v) is 0.581. The fourth-order valence-electron chi connectivity index (χ4n) is 0.581. The molecule has 1 rings (SSSR count). The maximum Gasteiger partial charge on any atom is 0.0812 e. The van der Waals surface area contributed by atoms with Gasteiger partial charge in [0.25, 0.3) is 0 Å². The maximum atomic E-state index is 4.02. The molecule has 0 radical (unpaired) electrons. The summed E-state index contributed by atoms with van der Waals surface area (Å²) in [4.78, 5) is 7.84. The van der Waals surface area contributed by atoms with Crippen LogP contribution >= 0.6 is 0 Å². The van der Waals surface area contributed by atoms with Crippen LogP contribution in [0.4, 0.5) is 0 Å². The molecule has 0 atom stereocenters. The van der Waals surface area contributed by atoms with Gasteiger partial charge in [-0.1, -0.05) is 12.6 Å². The Balaban J connectivity index is 2.76. The SMILES string of the molecule is C=CN=Cc1ccccn1. The first-order valence-corrected chi connectivity index (χ1v) is 2.98. The molecule has 0 spiro atoms. The zero-order valence-corrected chi connectivity index (χ0v) is 5.57. The van der Waals surface area contributed by atoms with Crippen molar-refractivity contribution in [1.82, 2.24) is 4.98 Å². The highest BCUT2D eigenvalue weighted by molar-refractivity contribution is 5.77. The van der Waals surface area contributed by atoms with Crippen molar-refractivity contribution in [3.63, 3.8) is 0 Å². The number of hydrogen-bond acceptors (Lipinski definition) is 2. The molecule has 0 saturated carbocycles. The van der Waals surface area contributed by atoms with Crippen LogP contribution in [0.2, 0.25) is 0 Å². The Kier molecular flexibility index (Phi) is 2.38. The van der Waals surface area contributed by atoms with E-state index in [0.717, 1.165) is 5.69 Å². The lowest BCUT2D eigenvalue weighted by molar-refractivity contribution is 1.30. The molecule has 0 aromatic carbocycles. The Labute approximate surface area is 60.0 Å². The first kappa shape index (κ1) is 6.68. The largest absolute Gasteiger partial charge is 0.263 e. The summed E-state index contributed by atoms with van der Waals surface area (Å²) < 4.78 is 0. The summed E-state index contributed by atoms with van der Waals surface area (Å²) >= 11 is 0. The van der Waals surface area contributed by atoms with E-state index in [1.807, 2.05) is 18.2 Å². The van der Waals surface area contributed by atoms with Gasteiger partial charge in [-0.25, -0.2) is 0 Å². The number of aliphatic imine (C=N–C) groups is 1. The third-order valence-corrected chi connectivity index (χ3v) is 1.000. The second-order valence-corrected chi connectivity index (χ2v) is 1.72. The second kappa shape index (κ2) is 3.56. The van der Waals surface area contributed by atoms with Gasteiger partial charge >= 0.3 is 0 Å². The van der Waals surface area contributed by atoms with Crippen molar-refractivity contribution in [3.8, 4) is 0 Å². The summed E-state index contributed by atoms with van der Waals surface area (Å²) in [6.45, 7) is 3.45. The Morgan fingerprint density at radius 1 is 1.50 bits per heavy atom. The summed E-state index contributed by atoms with van der Waals surface area (Å²) in [5, 5.41) is 0. The minimum absolute atomic E-state index is 0.849. The Morgan fingerprint density at radius 2 is 2.40 bits per heavy atom. The van der Waals surface area contributed by atoms with E-state index in [9.17, 15) is 0 Å². The molecule has 1 heterocycles. The van der Waals surface area contributed by atoms with Crippen LogP contribution < -0.4 is 0 Å². The molecule has 0 amide bonds. The number of nitrogens with zero attached hydrogens (tertiary/aromatic N) is 2. The lowest BCUT2D eigenvalue weighted by atomic mass is 10.4. The summed E-state index contributed by atoms with van der Waals surface area (Å²) in [6, 6.07) is 5.66. The van der Waals surface area contributed by atoms with Gasteiger partial charge in [-0.3, -0.25) is 9.98 Å². The van der Waals surface area contributed by atoms with Gasteiger partial charge in [0, 0.05) is 12.4 Å². The van der Waals surface area contributed by atoms with Gasteiger partial charge in [-0.15, -0.1) is 0 Å². The van der Waals surface area contributed by atoms with E-state index in [4.69, 9.17) is 0 Å². The van der Waals surface area contributed by atoms with Gasteiger partial charge in [0.15, 0.2) is 0 Å². The molecular weight excluding hydrogens is 124 g/mol. The van der Waals surface area contributed by atoms with Crippen molar-refractivity contribution in [2.75, 3.05) is 0 Å². The molecular formula is C8H8N2. The van der Waals surface area contributed by atoms with E-state index in [-0.39, 0.29) is 0 Å². The van der Waals surface area contributed by atoms with E-state index in [2.05, 4.69) is 16.6 Å². The molecule has 0 fully saturated rings. The van der Waals surface area contributed by atoms with Crippen LogP contribution in [0.25, 0.3) is 0 Å². The van der Waals surface area contributed by atoms with Crippen LogP contribution in [0.5, 0.6) is 0 Å². The molecule has 0 saturated heterocycles. The minimum atomic E-state index is 0.849. The molecule has 2 nitrogen and oxygen atoms in total. The second-order valence-electron chi connectivity index (χ2n) is 1.72. The predicted molar refractivity (Wildman–Crippen MR) is 42.0 cm³/mol. The summed E-state index contributed by atoms with van der Waals surface area (Å²) in [5.41, 5.74) is 0.849. The topological polar surface area (TPSA) is 25.2 Å². The van der Waals surface area contributed by atoms with E-state index < -0.39 is 0 Å². The fraction of sp³-hybridized carbons (Fsp3) is 0. The van der Waals surface area contributed by atoms with E-state index >= 15 is 0 Å². The Morgan fingerprint density at radius 3 is 3.00 bits per heavy atom. The van der Waals surface area contributed by atoms with Crippen LogP contribution in [-0.4, -0.2) is 11.2 Å². The van der Waals surface area contributed by atoms with Crippen molar-refractivity contribution in [2.45, 2.75) is 0 Å². The number of rotatable bonds is 2. The highest BCUT2D eigenvalue weighted by Gasteiger charge is 1.81. The van der Waals surface area contributed by atoms with E-state index in [1.54, 1.807) is 12.4 Å². The first-order chi connectivity index (χ1) is 4.93. The summed E-state index contributed by atoms with van der Waals surface area (Å²) in [5.74, 6) is 0. The molecule has 0 bridgehead atoms. The molecule has 50 valence electrons. The van der Waals surface area contributed by atoms with Crippen molar-refractivity contribution in [1.29, 1.82) is 0 Å². The van der Waals surface area contributed by atoms with E-state index in [0.29, 0.717) is 0 Å². The molecule has 0 aliphatic carbocycles. The van der Waals surface area contributed by atoms with Gasteiger partial charge in [-0.05, 0) is 12.1 Å². The molecule has 0 unspecified atom stereocenters. The van der Waals surface area contributed by atoms with Gasteiger partial charge < -0.3 is 0 Å². The highest BCUT2D eigenvalue weighted by Crippen LogP contribution is 1.87. The normalized spacial score (nSPS) is 10.0. The van der Waals surface area contributed by atoms with Crippen LogP contribution in [0.1, 0.15) is 5.69 Å². The number of pyridine rings is 1. The van der Waals surface area contributed by atoms with Crippen LogP contribution in [0, 0.1) is 0 Å². The van der Waals surface area contributed by atoms with E-state index in [1.165, 1.54) is 6.20 Å². The summed E-state index contributed by atoms with van der Waals surface area (Å²) in [7, 11) is 0. The van der Waals surface area contributed by atoms with Crippen molar-refractivity contribution in [3.05, 3.63) is 42.9 Å². The highest BCUT2D eigenvalue weighted by atomic mass is 14.7. The average molecular weight is 132 g/mol. The third kappa shape index (κ3) is 1.82. The third-order valence-electron chi connectivity index (χ3n) is 1.000. The average Bonchev–Trinajstić information content (AvgIpc) is 2.03. The van der Waals surface area contributed by atoms with Gasteiger partial charge in [0.05, 0.1) is 11.9 Å². The zero-order valence-electron chi connectivity index (χ0n) is 5.57. The van der Waals surface area contributed by atoms with Gasteiger partial charge in [0.1, 0.15) is 0 Å². The monoisotopic (exact) mass is 132 g/mol. The smallest absolute Gasteiger partial charge is 0.0812 e. The van der Waals surface area contributed by atoms with Crippen molar-refractivity contribution >= 4 is 6.21 Å². The molecule has 0 aliphatic rings. The molecule has 0 N–H and O–H groups in total. The Hall–Kier alpha value is -1.44. The van der Waals surface area contributed by atoms with Gasteiger partial charge in [0.2, 0.25) is 0 Å². The van der Waals surface area contributed by atoms with Crippen LogP contribution in [0.15, 0.2) is 42.2 Å². The lowest BCUT2D eigenvalue weighted by Gasteiger charge is -1.85. The zero-order chi connectivity index (χ0) is 7.23.